The molecule has 2 heterocycles. The number of hydrogen-bond acceptors (Lipinski definition) is 4. The number of halogens is 1. The summed E-state index contributed by atoms with van der Waals surface area (Å²) in [6.07, 6.45) is 0.394. The Morgan fingerprint density at radius 1 is 1.15 bits per heavy atom. The number of amides is 3. The fourth-order valence-corrected chi connectivity index (χ4v) is 4.26. The summed E-state index contributed by atoms with van der Waals surface area (Å²) in [5.41, 5.74) is -0.372. The summed E-state index contributed by atoms with van der Waals surface area (Å²) < 4.78 is 19.3. The van der Waals surface area contributed by atoms with Crippen molar-refractivity contribution < 1.29 is 18.7 Å². The fraction of sp³-hybridized carbons (Fsp3) is 0.263. The number of fused-ring (bicyclic) bond motifs is 2. The highest BCUT2D eigenvalue weighted by atomic mass is 32.2. The molecule has 134 valence electrons. The summed E-state index contributed by atoms with van der Waals surface area (Å²) in [4.78, 5) is 27.2. The first-order valence-electron chi connectivity index (χ1n) is 8.35. The van der Waals surface area contributed by atoms with Gasteiger partial charge in [0.2, 0.25) is 0 Å². The fourth-order valence-electron chi connectivity index (χ4n) is 3.38. The summed E-state index contributed by atoms with van der Waals surface area (Å²) in [7, 11) is 0. The molecule has 1 N–H and O–H groups in total. The van der Waals surface area contributed by atoms with Crippen LogP contribution in [0.2, 0.25) is 0 Å². The molecule has 0 unspecified atom stereocenters. The van der Waals surface area contributed by atoms with Crippen LogP contribution >= 0.6 is 11.8 Å². The number of imide groups is 1. The normalized spacial score (nSPS) is 21.5. The molecule has 0 aliphatic carbocycles. The molecule has 2 aliphatic rings. The highest BCUT2D eigenvalue weighted by molar-refractivity contribution is 7.99. The molecule has 0 saturated carbocycles. The van der Waals surface area contributed by atoms with Gasteiger partial charge in [-0.15, -0.1) is 11.8 Å². The van der Waals surface area contributed by atoms with Crippen molar-refractivity contribution in [3.8, 4) is 5.75 Å². The van der Waals surface area contributed by atoms with Gasteiger partial charge >= 0.3 is 6.03 Å². The van der Waals surface area contributed by atoms with E-state index in [4.69, 9.17) is 4.74 Å². The molecule has 2 aromatic rings. The van der Waals surface area contributed by atoms with Crippen LogP contribution in [0.1, 0.15) is 12.0 Å². The maximum absolute atomic E-state index is 13.7. The Kier molecular flexibility index (Phi) is 4.32. The Bertz CT molecular complexity index is 875. The average molecular weight is 372 g/mol. The molecular formula is C19H17FN2O3S. The molecule has 4 rings (SSSR count). The van der Waals surface area contributed by atoms with Gasteiger partial charge in [-0.25, -0.2) is 9.18 Å². The lowest BCUT2D eigenvalue weighted by Crippen LogP contribution is -2.47. The first-order valence-corrected chi connectivity index (χ1v) is 9.34. The molecular weight excluding hydrogens is 355 g/mol. The zero-order chi connectivity index (χ0) is 18.1. The van der Waals surface area contributed by atoms with Gasteiger partial charge in [0.1, 0.15) is 11.6 Å². The van der Waals surface area contributed by atoms with Gasteiger partial charge in [-0.3, -0.25) is 9.69 Å². The highest BCUT2D eigenvalue weighted by Gasteiger charge is 2.54. The topological polar surface area (TPSA) is 58.6 Å². The maximum atomic E-state index is 13.7. The van der Waals surface area contributed by atoms with Crippen LogP contribution in [-0.2, 0) is 10.3 Å². The van der Waals surface area contributed by atoms with E-state index in [1.165, 1.54) is 22.7 Å². The number of thioether (sulfide) groups is 1. The first-order chi connectivity index (χ1) is 12.6. The number of urea groups is 1. The average Bonchev–Trinajstić information content (AvgIpc) is 2.88. The lowest BCUT2D eigenvalue weighted by atomic mass is 9.84. The minimum atomic E-state index is -1.06. The third kappa shape index (κ3) is 2.72. The van der Waals surface area contributed by atoms with Gasteiger partial charge < -0.3 is 10.1 Å². The van der Waals surface area contributed by atoms with Crippen molar-refractivity contribution >= 4 is 23.7 Å². The van der Waals surface area contributed by atoms with E-state index in [1.807, 2.05) is 18.2 Å². The van der Waals surface area contributed by atoms with Gasteiger partial charge in [0.05, 0.1) is 6.61 Å². The van der Waals surface area contributed by atoms with Crippen LogP contribution < -0.4 is 10.1 Å². The third-order valence-corrected chi connectivity index (χ3v) is 5.70. The van der Waals surface area contributed by atoms with Crippen molar-refractivity contribution in [2.75, 3.05) is 18.9 Å². The maximum Gasteiger partial charge on any atom is 0.325 e. The number of rotatable bonds is 4. The second-order valence-electron chi connectivity index (χ2n) is 6.17. The Morgan fingerprint density at radius 3 is 2.77 bits per heavy atom. The number of carbonyl (C=O) groups excluding carboxylic acids is 2. The van der Waals surface area contributed by atoms with Gasteiger partial charge in [0.25, 0.3) is 5.91 Å². The van der Waals surface area contributed by atoms with Crippen LogP contribution in [-0.4, -0.2) is 35.7 Å². The van der Waals surface area contributed by atoms with Gasteiger partial charge in [-0.1, -0.05) is 30.3 Å². The first kappa shape index (κ1) is 16.9. The molecule has 1 saturated heterocycles. The van der Waals surface area contributed by atoms with E-state index in [1.54, 1.807) is 24.3 Å². The van der Waals surface area contributed by atoms with Crippen LogP contribution in [0.4, 0.5) is 9.18 Å². The predicted octanol–water partition coefficient (Wildman–Crippen LogP) is 3.15. The zero-order valence-corrected chi connectivity index (χ0v) is 14.7. The molecule has 0 aromatic heterocycles. The molecule has 2 aromatic carbocycles. The second-order valence-corrected chi connectivity index (χ2v) is 7.30. The predicted molar refractivity (Wildman–Crippen MR) is 95.6 cm³/mol. The number of ether oxygens (including phenoxy) is 1. The lowest BCUT2D eigenvalue weighted by Gasteiger charge is -2.33. The van der Waals surface area contributed by atoms with Crippen LogP contribution in [0.3, 0.4) is 0 Å². The zero-order valence-electron chi connectivity index (χ0n) is 13.9. The van der Waals surface area contributed by atoms with Crippen LogP contribution in [0.5, 0.6) is 5.75 Å². The van der Waals surface area contributed by atoms with Crippen molar-refractivity contribution in [2.45, 2.75) is 16.9 Å². The Hall–Kier alpha value is -2.54. The summed E-state index contributed by atoms with van der Waals surface area (Å²) in [6.45, 7) is 0.579. The number of nitrogens with zero attached hydrogens (tertiary/aromatic N) is 1. The van der Waals surface area contributed by atoms with E-state index in [2.05, 4.69) is 5.32 Å². The molecule has 2 aliphatic heterocycles. The van der Waals surface area contributed by atoms with Crippen LogP contribution in [0.25, 0.3) is 0 Å². The van der Waals surface area contributed by atoms with E-state index in [-0.39, 0.29) is 18.3 Å². The van der Waals surface area contributed by atoms with E-state index < -0.39 is 11.6 Å². The van der Waals surface area contributed by atoms with Crippen LogP contribution in [0, 0.1) is 5.82 Å². The van der Waals surface area contributed by atoms with Gasteiger partial charge in [0.15, 0.2) is 5.54 Å². The molecule has 5 nitrogen and oxygen atoms in total. The number of nitrogens with one attached hydrogen (secondary N) is 1. The van der Waals surface area contributed by atoms with Gasteiger partial charge in [0, 0.05) is 29.2 Å². The summed E-state index contributed by atoms with van der Waals surface area (Å²) in [5.74, 6) is 0.473. The third-order valence-electron chi connectivity index (χ3n) is 4.67. The van der Waals surface area contributed by atoms with Crippen molar-refractivity contribution in [2.24, 2.45) is 0 Å². The van der Waals surface area contributed by atoms with Crippen molar-refractivity contribution in [1.82, 2.24) is 10.2 Å². The number of carbonyl (C=O) groups is 2. The highest BCUT2D eigenvalue weighted by Crippen LogP contribution is 2.41. The van der Waals surface area contributed by atoms with Gasteiger partial charge in [-0.2, -0.15) is 0 Å². The number of para-hydroxylation sites is 1. The second kappa shape index (κ2) is 6.64. The lowest BCUT2D eigenvalue weighted by molar-refractivity contribution is -0.132. The number of benzene rings is 2. The largest absolute Gasteiger partial charge is 0.493 e. The molecule has 0 radical (unpaired) electrons. The number of hydrogen-bond donors (Lipinski definition) is 1. The van der Waals surface area contributed by atoms with Crippen molar-refractivity contribution in [1.29, 1.82) is 0 Å². The van der Waals surface area contributed by atoms with E-state index in [0.717, 1.165) is 0 Å². The summed E-state index contributed by atoms with van der Waals surface area (Å²) >= 11 is 1.29. The molecule has 26 heavy (non-hydrogen) atoms. The molecule has 1 atom stereocenters. The molecule has 1 fully saturated rings. The summed E-state index contributed by atoms with van der Waals surface area (Å²) in [6, 6.07) is 13.3. The van der Waals surface area contributed by atoms with E-state index in [9.17, 15) is 14.0 Å². The van der Waals surface area contributed by atoms with Crippen LogP contribution in [0.15, 0.2) is 53.4 Å². The monoisotopic (exact) mass is 372 g/mol. The van der Waals surface area contributed by atoms with Crippen molar-refractivity contribution in [3.63, 3.8) is 0 Å². The minimum absolute atomic E-state index is 0.217. The molecule has 1 spiro atoms. The Morgan fingerprint density at radius 2 is 1.92 bits per heavy atom. The Balaban J connectivity index is 1.51. The SMILES string of the molecule is O=C1N[C@]2(CCOc3ccccc32)C(=O)N1CCSc1ccccc1F. The smallest absolute Gasteiger partial charge is 0.325 e. The quantitative estimate of drug-likeness (QED) is 0.662. The Labute approximate surface area is 154 Å². The summed E-state index contributed by atoms with van der Waals surface area (Å²) in [5, 5.41) is 2.86. The molecule has 7 heteroatoms. The molecule has 0 bridgehead atoms. The standard InChI is InChI=1S/C19H17FN2O3S/c20-14-6-2-4-8-16(14)26-12-10-22-17(23)19(21-18(22)24)9-11-25-15-7-3-1-5-13(15)19/h1-8H,9-12H2,(H,21,24)/t19-/m0/s1. The van der Waals surface area contributed by atoms with Crippen molar-refractivity contribution in [3.05, 3.63) is 59.9 Å². The van der Waals surface area contributed by atoms with E-state index >= 15 is 0 Å². The molecule has 3 amide bonds. The minimum Gasteiger partial charge on any atom is -0.493 e. The van der Waals surface area contributed by atoms with Gasteiger partial charge in [-0.05, 0) is 18.2 Å². The van der Waals surface area contributed by atoms with E-state index in [0.29, 0.717) is 35.0 Å².